The quantitative estimate of drug-likeness (QED) is 0.461. The number of benzene rings is 1. The number of urea groups is 1. The van der Waals surface area contributed by atoms with E-state index >= 15 is 0 Å². The number of rotatable bonds is 4. The Hall–Kier alpha value is -2.72. The smallest absolute Gasteiger partial charge is 0.321 e. The number of carbonyl (C=O) groups is 2. The largest absolute Gasteiger partial charge is 0.341 e. The summed E-state index contributed by atoms with van der Waals surface area (Å²) in [6.45, 7) is 2.19. The van der Waals surface area contributed by atoms with E-state index in [2.05, 4.69) is 22.5 Å². The second-order valence-corrected chi connectivity index (χ2v) is 9.46. The maximum atomic E-state index is 14.6. The van der Waals surface area contributed by atoms with Crippen molar-refractivity contribution < 1.29 is 14.0 Å². The number of aromatic nitrogens is 2. The van der Waals surface area contributed by atoms with E-state index < -0.39 is 17.8 Å². The molecular formula is C21H21FN4O3S2. The molecule has 10 heteroatoms. The van der Waals surface area contributed by atoms with Gasteiger partial charge in [0.1, 0.15) is 10.6 Å². The number of fused-ring (bicyclic) bond motifs is 3. The third kappa shape index (κ3) is 4.22. The molecule has 2 N–H and O–H groups in total. The molecule has 0 fully saturated rings. The Morgan fingerprint density at radius 3 is 2.87 bits per heavy atom. The average molecular weight is 461 g/mol. The molecule has 0 radical (unpaired) electrons. The van der Waals surface area contributed by atoms with Crippen LogP contribution in [0.25, 0.3) is 15.9 Å². The standard InChI is InChI=1S/C21H21FN4O3S2/c1-11-7-8-12-15(9-11)31-18-17(12)19(28)26(14-6-4-3-5-13(14)22)21(25-18)30-10-16(27)24-20(29)23-2/h3-6,11H,7-10H2,1-2H3,(H2,23,24,27,29)/t11-/m0/s1. The summed E-state index contributed by atoms with van der Waals surface area (Å²) in [5.74, 6) is -0.711. The normalized spacial score (nSPS) is 15.5. The Labute approximate surface area is 186 Å². The van der Waals surface area contributed by atoms with E-state index in [1.807, 2.05) is 0 Å². The first kappa shape index (κ1) is 21.5. The second-order valence-electron chi connectivity index (χ2n) is 7.43. The van der Waals surface area contributed by atoms with Crippen molar-refractivity contribution in [3.05, 3.63) is 50.9 Å². The lowest BCUT2D eigenvalue weighted by molar-refractivity contribution is -0.117. The van der Waals surface area contributed by atoms with Gasteiger partial charge in [-0.25, -0.2) is 14.2 Å². The average Bonchev–Trinajstić information content (AvgIpc) is 3.10. The third-order valence-electron chi connectivity index (χ3n) is 5.20. The van der Waals surface area contributed by atoms with E-state index in [9.17, 15) is 18.8 Å². The number of thioether (sulfide) groups is 1. The van der Waals surface area contributed by atoms with Crippen molar-refractivity contribution in [1.29, 1.82) is 0 Å². The van der Waals surface area contributed by atoms with Crippen molar-refractivity contribution in [1.82, 2.24) is 20.2 Å². The summed E-state index contributed by atoms with van der Waals surface area (Å²) in [6.07, 6.45) is 2.69. The van der Waals surface area contributed by atoms with Gasteiger partial charge in [-0.2, -0.15) is 0 Å². The number of aryl methyl sites for hydroxylation is 1. The second kappa shape index (κ2) is 8.80. The van der Waals surface area contributed by atoms with Crippen molar-refractivity contribution in [3.8, 4) is 5.69 Å². The molecule has 1 aliphatic carbocycles. The van der Waals surface area contributed by atoms with Gasteiger partial charge in [-0.1, -0.05) is 30.8 Å². The van der Waals surface area contributed by atoms with Crippen molar-refractivity contribution in [3.63, 3.8) is 0 Å². The monoisotopic (exact) mass is 460 g/mol. The predicted molar refractivity (Wildman–Crippen MR) is 120 cm³/mol. The van der Waals surface area contributed by atoms with Crippen LogP contribution in [0.3, 0.4) is 0 Å². The minimum Gasteiger partial charge on any atom is -0.341 e. The molecule has 1 atom stereocenters. The van der Waals surface area contributed by atoms with E-state index in [1.54, 1.807) is 12.1 Å². The Kier molecular flexibility index (Phi) is 6.10. The lowest BCUT2D eigenvalue weighted by atomic mass is 9.89. The van der Waals surface area contributed by atoms with E-state index in [0.717, 1.165) is 41.5 Å². The summed E-state index contributed by atoms with van der Waals surface area (Å²) in [5.41, 5.74) is 0.756. The number of halogens is 1. The minimum absolute atomic E-state index is 0.0836. The lowest BCUT2D eigenvalue weighted by Crippen LogP contribution is -2.38. The fourth-order valence-corrected chi connectivity index (χ4v) is 5.90. The summed E-state index contributed by atoms with van der Waals surface area (Å²) in [7, 11) is 1.40. The van der Waals surface area contributed by atoms with Gasteiger partial charge in [0.2, 0.25) is 5.91 Å². The van der Waals surface area contributed by atoms with Gasteiger partial charge in [0, 0.05) is 11.9 Å². The molecule has 3 aromatic rings. The number of hydrogen-bond donors (Lipinski definition) is 2. The zero-order valence-electron chi connectivity index (χ0n) is 17.0. The molecular weight excluding hydrogens is 439 g/mol. The topological polar surface area (TPSA) is 93.1 Å². The molecule has 7 nitrogen and oxygen atoms in total. The van der Waals surface area contributed by atoms with E-state index in [1.165, 1.54) is 35.1 Å². The number of amides is 3. The summed E-state index contributed by atoms with van der Waals surface area (Å²) < 4.78 is 15.9. The Morgan fingerprint density at radius 2 is 2.13 bits per heavy atom. The molecule has 2 heterocycles. The summed E-state index contributed by atoms with van der Waals surface area (Å²) >= 11 is 2.48. The summed E-state index contributed by atoms with van der Waals surface area (Å²) in [4.78, 5) is 43.4. The minimum atomic E-state index is -0.624. The molecule has 4 rings (SSSR count). The highest BCUT2D eigenvalue weighted by Gasteiger charge is 2.26. The molecule has 0 bridgehead atoms. The molecule has 0 spiro atoms. The van der Waals surface area contributed by atoms with Gasteiger partial charge >= 0.3 is 6.03 Å². The molecule has 1 aliphatic rings. The highest BCUT2D eigenvalue weighted by Crippen LogP contribution is 2.37. The van der Waals surface area contributed by atoms with Gasteiger partial charge in [-0.05, 0) is 42.9 Å². The fourth-order valence-electron chi connectivity index (χ4n) is 3.67. The zero-order chi connectivity index (χ0) is 22.1. The Morgan fingerprint density at radius 1 is 1.35 bits per heavy atom. The van der Waals surface area contributed by atoms with Gasteiger partial charge in [0.25, 0.3) is 5.56 Å². The van der Waals surface area contributed by atoms with Crippen molar-refractivity contribution in [2.24, 2.45) is 5.92 Å². The van der Waals surface area contributed by atoms with Gasteiger partial charge in [0.15, 0.2) is 5.16 Å². The van der Waals surface area contributed by atoms with E-state index in [4.69, 9.17) is 0 Å². The van der Waals surface area contributed by atoms with Crippen molar-refractivity contribution in [2.75, 3.05) is 12.8 Å². The van der Waals surface area contributed by atoms with Crippen molar-refractivity contribution in [2.45, 2.75) is 31.3 Å². The van der Waals surface area contributed by atoms with Crippen LogP contribution in [-0.4, -0.2) is 34.3 Å². The summed E-state index contributed by atoms with van der Waals surface area (Å²) in [5, 5.41) is 5.22. The van der Waals surface area contributed by atoms with Gasteiger partial charge in [0.05, 0.1) is 16.8 Å². The number of nitrogens with zero attached hydrogens (tertiary/aromatic N) is 2. The van der Waals surface area contributed by atoms with Gasteiger partial charge in [-0.3, -0.25) is 19.5 Å². The van der Waals surface area contributed by atoms with E-state index in [-0.39, 0.29) is 22.2 Å². The van der Waals surface area contributed by atoms with Crippen LogP contribution in [0.4, 0.5) is 9.18 Å². The highest BCUT2D eigenvalue weighted by atomic mass is 32.2. The number of thiophene rings is 1. The van der Waals surface area contributed by atoms with E-state index in [0.29, 0.717) is 16.1 Å². The van der Waals surface area contributed by atoms with Crippen molar-refractivity contribution >= 4 is 45.3 Å². The molecule has 1 aromatic carbocycles. The molecule has 3 amide bonds. The molecule has 2 aromatic heterocycles. The van der Waals surface area contributed by atoms with Crippen LogP contribution in [0.2, 0.25) is 0 Å². The molecule has 0 unspecified atom stereocenters. The first-order chi connectivity index (χ1) is 14.9. The number of imide groups is 1. The summed E-state index contributed by atoms with van der Waals surface area (Å²) in [6, 6.07) is 5.36. The Bertz CT molecular complexity index is 1240. The molecule has 162 valence electrons. The van der Waals surface area contributed by atoms with Crippen LogP contribution in [0, 0.1) is 11.7 Å². The number of hydrogen-bond acceptors (Lipinski definition) is 6. The molecule has 0 saturated carbocycles. The van der Waals surface area contributed by atoms with Crippen LogP contribution in [0.5, 0.6) is 0 Å². The molecule has 0 aliphatic heterocycles. The van der Waals surface area contributed by atoms with Crippen LogP contribution >= 0.6 is 23.1 Å². The zero-order valence-corrected chi connectivity index (χ0v) is 18.7. The lowest BCUT2D eigenvalue weighted by Gasteiger charge is -2.18. The number of nitrogens with one attached hydrogen (secondary N) is 2. The first-order valence-corrected chi connectivity index (χ1v) is 11.7. The molecule has 31 heavy (non-hydrogen) atoms. The predicted octanol–water partition coefficient (Wildman–Crippen LogP) is 3.26. The maximum absolute atomic E-state index is 14.6. The van der Waals surface area contributed by atoms with Crippen LogP contribution in [0.1, 0.15) is 23.8 Å². The maximum Gasteiger partial charge on any atom is 0.321 e. The molecule has 0 saturated heterocycles. The van der Waals surface area contributed by atoms with Gasteiger partial charge in [-0.15, -0.1) is 11.3 Å². The Balaban J connectivity index is 1.83. The fraction of sp³-hybridized carbons (Fsp3) is 0.333. The highest BCUT2D eigenvalue weighted by molar-refractivity contribution is 7.99. The number of para-hydroxylation sites is 1. The van der Waals surface area contributed by atoms with Crippen LogP contribution in [-0.2, 0) is 17.6 Å². The first-order valence-electron chi connectivity index (χ1n) is 9.85. The third-order valence-corrected chi connectivity index (χ3v) is 7.29. The van der Waals surface area contributed by atoms with Gasteiger partial charge < -0.3 is 5.32 Å². The SMILES string of the molecule is CNC(=O)NC(=O)CSc1nc2sc3c(c2c(=O)n1-c1ccccc1F)CC[C@H](C)C3. The van der Waals surface area contributed by atoms with Crippen LogP contribution < -0.4 is 16.2 Å². The van der Waals surface area contributed by atoms with Crippen LogP contribution in [0.15, 0.2) is 34.2 Å². The number of carbonyl (C=O) groups excluding carboxylic acids is 2.